The number of nitrogens with zero attached hydrogens (tertiary/aromatic N) is 2. The van der Waals surface area contributed by atoms with Crippen molar-refractivity contribution in [2.24, 2.45) is 5.73 Å². The minimum atomic E-state index is -0.411. The SMILES string of the molecule is NC(Cc1cnc[nH]1)c1nc2ccc(-c3ccccc3)cc2c(=O)[nH]1. The van der Waals surface area contributed by atoms with Gasteiger partial charge in [0.05, 0.1) is 23.3 Å². The van der Waals surface area contributed by atoms with Crippen molar-refractivity contribution >= 4 is 10.9 Å². The molecule has 2 aromatic heterocycles. The van der Waals surface area contributed by atoms with Gasteiger partial charge in [-0.25, -0.2) is 9.97 Å². The Morgan fingerprint density at radius 2 is 1.92 bits per heavy atom. The fourth-order valence-electron chi connectivity index (χ4n) is 2.87. The van der Waals surface area contributed by atoms with E-state index < -0.39 is 6.04 Å². The Balaban J connectivity index is 1.72. The molecule has 25 heavy (non-hydrogen) atoms. The van der Waals surface area contributed by atoms with Crippen LogP contribution in [-0.2, 0) is 6.42 Å². The Labute approximate surface area is 143 Å². The van der Waals surface area contributed by atoms with Gasteiger partial charge in [0.1, 0.15) is 5.82 Å². The summed E-state index contributed by atoms with van der Waals surface area (Å²) < 4.78 is 0. The molecule has 4 rings (SSSR count). The molecule has 0 spiro atoms. The summed E-state index contributed by atoms with van der Waals surface area (Å²) in [6.45, 7) is 0. The Morgan fingerprint density at radius 3 is 2.68 bits per heavy atom. The van der Waals surface area contributed by atoms with Crippen LogP contribution in [0.15, 0.2) is 65.8 Å². The number of nitrogens with two attached hydrogens (primary N) is 1. The highest BCUT2D eigenvalue weighted by Gasteiger charge is 2.13. The predicted octanol–water partition coefficient (Wildman–Crippen LogP) is 2.56. The zero-order valence-corrected chi connectivity index (χ0v) is 13.4. The van der Waals surface area contributed by atoms with Crippen molar-refractivity contribution < 1.29 is 0 Å². The summed E-state index contributed by atoms with van der Waals surface area (Å²) in [6.07, 6.45) is 3.84. The third-order valence-corrected chi connectivity index (χ3v) is 4.18. The van der Waals surface area contributed by atoms with Gasteiger partial charge in [-0.1, -0.05) is 36.4 Å². The number of H-pyrrole nitrogens is 2. The number of aromatic nitrogens is 4. The maximum Gasteiger partial charge on any atom is 0.258 e. The van der Waals surface area contributed by atoms with Gasteiger partial charge in [-0.3, -0.25) is 4.79 Å². The number of hydrogen-bond donors (Lipinski definition) is 3. The average molecular weight is 331 g/mol. The van der Waals surface area contributed by atoms with Gasteiger partial charge in [-0.15, -0.1) is 0 Å². The lowest BCUT2D eigenvalue weighted by Crippen LogP contribution is -2.21. The molecule has 4 aromatic rings. The fourth-order valence-corrected chi connectivity index (χ4v) is 2.87. The van der Waals surface area contributed by atoms with Gasteiger partial charge in [0.25, 0.3) is 5.56 Å². The summed E-state index contributed by atoms with van der Waals surface area (Å²) in [7, 11) is 0. The summed E-state index contributed by atoms with van der Waals surface area (Å²) in [5.41, 5.74) is 9.58. The number of fused-ring (bicyclic) bond motifs is 1. The molecule has 0 aliphatic carbocycles. The molecule has 2 heterocycles. The monoisotopic (exact) mass is 331 g/mol. The average Bonchev–Trinajstić information content (AvgIpc) is 3.15. The normalized spacial score (nSPS) is 12.4. The van der Waals surface area contributed by atoms with Gasteiger partial charge in [0, 0.05) is 18.3 Å². The molecule has 0 radical (unpaired) electrons. The molecule has 0 saturated heterocycles. The van der Waals surface area contributed by atoms with E-state index in [0.717, 1.165) is 16.8 Å². The Kier molecular flexibility index (Phi) is 3.87. The van der Waals surface area contributed by atoms with Crippen LogP contribution >= 0.6 is 0 Å². The first-order valence-corrected chi connectivity index (χ1v) is 8.03. The molecule has 0 aliphatic heterocycles. The van der Waals surface area contributed by atoms with Crippen molar-refractivity contribution in [2.45, 2.75) is 12.5 Å². The smallest absolute Gasteiger partial charge is 0.258 e. The summed E-state index contributed by atoms with van der Waals surface area (Å²) in [5.74, 6) is 0.472. The van der Waals surface area contributed by atoms with Crippen LogP contribution in [0, 0.1) is 0 Å². The first-order valence-electron chi connectivity index (χ1n) is 8.03. The molecule has 2 aromatic carbocycles. The molecule has 1 atom stereocenters. The van der Waals surface area contributed by atoms with Crippen LogP contribution in [0.1, 0.15) is 17.6 Å². The highest BCUT2D eigenvalue weighted by atomic mass is 16.1. The summed E-state index contributed by atoms with van der Waals surface area (Å²) in [5, 5.41) is 0.554. The van der Waals surface area contributed by atoms with E-state index in [2.05, 4.69) is 19.9 Å². The van der Waals surface area contributed by atoms with Gasteiger partial charge >= 0.3 is 0 Å². The summed E-state index contributed by atoms with van der Waals surface area (Å²) in [4.78, 5) is 26.8. The molecule has 4 N–H and O–H groups in total. The van der Waals surface area contributed by atoms with Gasteiger partial charge in [-0.05, 0) is 23.3 Å². The van der Waals surface area contributed by atoms with E-state index in [4.69, 9.17) is 5.73 Å². The van der Waals surface area contributed by atoms with E-state index in [0.29, 0.717) is 23.1 Å². The molecule has 124 valence electrons. The van der Waals surface area contributed by atoms with Crippen molar-refractivity contribution in [3.05, 3.63) is 82.9 Å². The van der Waals surface area contributed by atoms with Crippen molar-refractivity contribution in [1.29, 1.82) is 0 Å². The number of aromatic amines is 2. The minimum absolute atomic E-state index is 0.183. The van der Waals surface area contributed by atoms with Gasteiger partial charge in [0.15, 0.2) is 0 Å². The largest absolute Gasteiger partial charge is 0.348 e. The zero-order chi connectivity index (χ0) is 17.2. The van der Waals surface area contributed by atoms with Gasteiger partial charge in [0.2, 0.25) is 0 Å². The third-order valence-electron chi connectivity index (χ3n) is 4.18. The zero-order valence-electron chi connectivity index (χ0n) is 13.4. The Morgan fingerprint density at radius 1 is 1.08 bits per heavy atom. The van der Waals surface area contributed by atoms with Crippen LogP contribution < -0.4 is 11.3 Å². The van der Waals surface area contributed by atoms with E-state index in [-0.39, 0.29) is 5.56 Å². The molecule has 1 unspecified atom stereocenters. The number of rotatable bonds is 4. The summed E-state index contributed by atoms with van der Waals surface area (Å²) >= 11 is 0. The van der Waals surface area contributed by atoms with Crippen molar-refractivity contribution in [3.8, 4) is 11.1 Å². The van der Waals surface area contributed by atoms with E-state index in [1.165, 1.54) is 0 Å². The second-order valence-electron chi connectivity index (χ2n) is 5.94. The second-order valence-corrected chi connectivity index (χ2v) is 5.94. The maximum atomic E-state index is 12.5. The quantitative estimate of drug-likeness (QED) is 0.535. The fraction of sp³-hybridized carbons (Fsp3) is 0.105. The standard InChI is InChI=1S/C19H17N5O/c20-16(9-14-10-21-11-22-14)18-23-17-7-6-13(8-15(17)19(25)24-18)12-4-2-1-3-5-12/h1-8,10-11,16H,9,20H2,(H,21,22)(H,23,24,25). The second kappa shape index (κ2) is 6.33. The number of benzene rings is 2. The van der Waals surface area contributed by atoms with Crippen LogP contribution in [0.3, 0.4) is 0 Å². The third kappa shape index (κ3) is 3.07. The van der Waals surface area contributed by atoms with E-state index in [1.807, 2.05) is 48.5 Å². The minimum Gasteiger partial charge on any atom is -0.348 e. The molecular weight excluding hydrogens is 314 g/mol. The number of hydrogen-bond acceptors (Lipinski definition) is 4. The van der Waals surface area contributed by atoms with E-state index >= 15 is 0 Å². The Hall–Kier alpha value is -3.25. The molecule has 0 fully saturated rings. The molecule has 0 amide bonds. The van der Waals surface area contributed by atoms with Crippen LogP contribution in [-0.4, -0.2) is 19.9 Å². The Bertz CT molecular complexity index is 1050. The highest BCUT2D eigenvalue weighted by Crippen LogP contribution is 2.22. The first kappa shape index (κ1) is 15.3. The lowest BCUT2D eigenvalue weighted by Gasteiger charge is -2.11. The lowest BCUT2D eigenvalue weighted by molar-refractivity contribution is 0.659. The van der Waals surface area contributed by atoms with Crippen LogP contribution in [0.5, 0.6) is 0 Å². The van der Waals surface area contributed by atoms with Crippen molar-refractivity contribution in [3.63, 3.8) is 0 Å². The highest BCUT2D eigenvalue weighted by molar-refractivity contribution is 5.83. The van der Waals surface area contributed by atoms with Gasteiger partial charge < -0.3 is 15.7 Å². The van der Waals surface area contributed by atoms with E-state index in [9.17, 15) is 4.79 Å². The van der Waals surface area contributed by atoms with Crippen LogP contribution in [0.25, 0.3) is 22.0 Å². The number of imidazole rings is 1. The lowest BCUT2D eigenvalue weighted by atomic mass is 10.0. The van der Waals surface area contributed by atoms with Crippen LogP contribution in [0.2, 0.25) is 0 Å². The van der Waals surface area contributed by atoms with Crippen molar-refractivity contribution in [1.82, 2.24) is 19.9 Å². The molecule has 0 aliphatic rings. The topological polar surface area (TPSA) is 100 Å². The molecular formula is C19H17N5O. The number of nitrogens with one attached hydrogen (secondary N) is 2. The maximum absolute atomic E-state index is 12.5. The van der Waals surface area contributed by atoms with Crippen molar-refractivity contribution in [2.75, 3.05) is 0 Å². The van der Waals surface area contributed by atoms with E-state index in [1.54, 1.807) is 12.5 Å². The molecule has 0 saturated carbocycles. The molecule has 6 heteroatoms. The first-order chi connectivity index (χ1) is 12.2. The van der Waals surface area contributed by atoms with Crippen LogP contribution in [0.4, 0.5) is 0 Å². The van der Waals surface area contributed by atoms with Gasteiger partial charge in [-0.2, -0.15) is 0 Å². The summed E-state index contributed by atoms with van der Waals surface area (Å²) in [6, 6.07) is 15.2. The molecule has 6 nitrogen and oxygen atoms in total. The predicted molar refractivity (Wildman–Crippen MR) is 97.0 cm³/mol. The molecule has 0 bridgehead atoms.